The molecule has 1 fully saturated rings. The van der Waals surface area contributed by atoms with Crippen LogP contribution in [-0.4, -0.2) is 45.9 Å². The lowest BCUT2D eigenvalue weighted by atomic mass is 9.98. The Hall–Kier alpha value is -2.10. The van der Waals surface area contributed by atoms with E-state index >= 15 is 0 Å². The lowest BCUT2D eigenvalue weighted by Crippen LogP contribution is -2.43. The molecule has 2 heterocycles. The second-order valence-electron chi connectivity index (χ2n) is 6.19. The van der Waals surface area contributed by atoms with Crippen LogP contribution in [0.1, 0.15) is 12.8 Å². The maximum absolute atomic E-state index is 12.7. The molecule has 1 saturated heterocycles. The number of methoxy groups -OCH3 is 2. The molecular formula is C18H22N2O5S2. The van der Waals surface area contributed by atoms with Crippen molar-refractivity contribution in [3.63, 3.8) is 0 Å². The van der Waals surface area contributed by atoms with E-state index < -0.39 is 15.9 Å². The number of hydrogen-bond donors (Lipinski definition) is 1. The Morgan fingerprint density at radius 2 is 2.00 bits per heavy atom. The van der Waals surface area contributed by atoms with Crippen LogP contribution in [0.2, 0.25) is 0 Å². The van der Waals surface area contributed by atoms with Gasteiger partial charge in [-0.2, -0.15) is 4.31 Å². The van der Waals surface area contributed by atoms with Gasteiger partial charge in [-0.15, -0.1) is 11.3 Å². The molecule has 0 spiro atoms. The van der Waals surface area contributed by atoms with Gasteiger partial charge in [0.1, 0.15) is 4.21 Å². The predicted molar refractivity (Wildman–Crippen MR) is 104 cm³/mol. The van der Waals surface area contributed by atoms with Crippen molar-refractivity contribution in [1.82, 2.24) is 4.31 Å². The van der Waals surface area contributed by atoms with E-state index in [0.29, 0.717) is 40.8 Å². The van der Waals surface area contributed by atoms with E-state index in [1.54, 1.807) is 42.8 Å². The number of carbonyl (C=O) groups excluding carboxylic acids is 1. The van der Waals surface area contributed by atoms with Gasteiger partial charge in [-0.1, -0.05) is 6.07 Å². The van der Waals surface area contributed by atoms with E-state index in [1.165, 1.54) is 22.8 Å². The first-order valence-corrected chi connectivity index (χ1v) is 10.8. The molecule has 146 valence electrons. The van der Waals surface area contributed by atoms with E-state index in [9.17, 15) is 13.2 Å². The van der Waals surface area contributed by atoms with Gasteiger partial charge >= 0.3 is 0 Å². The number of thiophene rings is 1. The number of rotatable bonds is 6. The molecule has 0 radical (unpaired) electrons. The third kappa shape index (κ3) is 4.26. The number of piperidine rings is 1. The number of anilines is 1. The highest BCUT2D eigenvalue weighted by Gasteiger charge is 2.33. The fraction of sp³-hybridized carbons (Fsp3) is 0.389. The number of amides is 1. The number of hydrogen-bond acceptors (Lipinski definition) is 6. The highest BCUT2D eigenvalue weighted by Crippen LogP contribution is 2.31. The first-order chi connectivity index (χ1) is 13.0. The number of benzene rings is 1. The molecule has 2 aromatic rings. The van der Waals surface area contributed by atoms with Gasteiger partial charge in [-0.25, -0.2) is 8.42 Å². The maximum Gasteiger partial charge on any atom is 0.252 e. The second kappa shape index (κ2) is 8.28. The summed E-state index contributed by atoms with van der Waals surface area (Å²) < 4.78 is 37.6. The van der Waals surface area contributed by atoms with Crippen LogP contribution in [0.25, 0.3) is 0 Å². The van der Waals surface area contributed by atoms with Gasteiger partial charge in [-0.3, -0.25) is 4.79 Å². The number of sulfonamides is 1. The summed E-state index contributed by atoms with van der Waals surface area (Å²) in [4.78, 5) is 12.7. The molecule has 0 unspecified atom stereocenters. The molecule has 1 aliphatic heterocycles. The molecule has 1 N–H and O–H groups in total. The molecule has 1 atom stereocenters. The Morgan fingerprint density at radius 1 is 1.22 bits per heavy atom. The molecule has 9 heteroatoms. The summed E-state index contributed by atoms with van der Waals surface area (Å²) in [5, 5.41) is 4.59. The van der Waals surface area contributed by atoms with Gasteiger partial charge in [-0.05, 0) is 36.4 Å². The zero-order valence-corrected chi connectivity index (χ0v) is 16.8. The number of nitrogens with one attached hydrogen (secondary N) is 1. The Balaban J connectivity index is 1.70. The molecule has 1 aromatic heterocycles. The molecule has 1 aliphatic rings. The van der Waals surface area contributed by atoms with Crippen LogP contribution in [0.3, 0.4) is 0 Å². The van der Waals surface area contributed by atoms with Crippen molar-refractivity contribution in [1.29, 1.82) is 0 Å². The molecule has 0 bridgehead atoms. The number of ether oxygens (including phenoxy) is 2. The summed E-state index contributed by atoms with van der Waals surface area (Å²) in [5.41, 5.74) is 0.580. The zero-order chi connectivity index (χ0) is 19.4. The van der Waals surface area contributed by atoms with Crippen molar-refractivity contribution in [3.8, 4) is 11.5 Å². The van der Waals surface area contributed by atoms with E-state index in [4.69, 9.17) is 9.47 Å². The average Bonchev–Trinajstić information content (AvgIpc) is 3.23. The van der Waals surface area contributed by atoms with Crippen LogP contribution in [0, 0.1) is 5.92 Å². The Kier molecular flexibility index (Phi) is 6.03. The van der Waals surface area contributed by atoms with Crippen LogP contribution in [0.5, 0.6) is 11.5 Å². The van der Waals surface area contributed by atoms with Gasteiger partial charge < -0.3 is 14.8 Å². The van der Waals surface area contributed by atoms with Crippen molar-refractivity contribution in [2.75, 3.05) is 32.6 Å². The van der Waals surface area contributed by atoms with Gasteiger partial charge in [0.15, 0.2) is 11.5 Å². The van der Waals surface area contributed by atoms with Crippen LogP contribution in [-0.2, 0) is 14.8 Å². The largest absolute Gasteiger partial charge is 0.493 e. The van der Waals surface area contributed by atoms with E-state index in [2.05, 4.69) is 5.32 Å². The minimum absolute atomic E-state index is 0.180. The van der Waals surface area contributed by atoms with Gasteiger partial charge in [0, 0.05) is 24.8 Å². The van der Waals surface area contributed by atoms with Crippen LogP contribution in [0.4, 0.5) is 5.69 Å². The number of nitrogens with zero attached hydrogens (tertiary/aromatic N) is 1. The maximum atomic E-state index is 12.7. The summed E-state index contributed by atoms with van der Waals surface area (Å²) in [6.07, 6.45) is 1.30. The standard InChI is InChI=1S/C18H22N2O5S2/c1-24-15-8-7-14(11-16(15)25-2)19-18(21)13-5-3-9-20(12-13)27(22,23)17-6-4-10-26-17/h4,6-8,10-11,13H,3,5,9,12H2,1-2H3,(H,19,21)/t13-/m1/s1. The summed E-state index contributed by atoms with van der Waals surface area (Å²) in [5.74, 6) is 0.483. The van der Waals surface area contributed by atoms with Crippen LogP contribution < -0.4 is 14.8 Å². The molecule has 3 rings (SSSR count). The van der Waals surface area contributed by atoms with E-state index in [1.807, 2.05) is 0 Å². The monoisotopic (exact) mass is 410 g/mol. The number of carbonyl (C=O) groups is 1. The minimum atomic E-state index is -3.54. The summed E-state index contributed by atoms with van der Waals surface area (Å²) in [6, 6.07) is 8.42. The molecule has 1 amide bonds. The first kappa shape index (κ1) is 19.7. The first-order valence-electron chi connectivity index (χ1n) is 8.52. The summed E-state index contributed by atoms with van der Waals surface area (Å²) in [7, 11) is -0.474. The van der Waals surface area contributed by atoms with Crippen molar-refractivity contribution < 1.29 is 22.7 Å². The fourth-order valence-electron chi connectivity index (χ4n) is 3.07. The van der Waals surface area contributed by atoms with Crippen molar-refractivity contribution in [2.24, 2.45) is 5.92 Å². The highest BCUT2D eigenvalue weighted by molar-refractivity contribution is 7.91. The highest BCUT2D eigenvalue weighted by atomic mass is 32.2. The third-order valence-electron chi connectivity index (χ3n) is 4.50. The van der Waals surface area contributed by atoms with Gasteiger partial charge in [0.25, 0.3) is 10.0 Å². The van der Waals surface area contributed by atoms with Gasteiger partial charge in [0.05, 0.1) is 20.1 Å². The quantitative estimate of drug-likeness (QED) is 0.792. The van der Waals surface area contributed by atoms with Crippen molar-refractivity contribution >= 4 is 33.0 Å². The lowest BCUT2D eigenvalue weighted by Gasteiger charge is -2.30. The average molecular weight is 411 g/mol. The molecular weight excluding hydrogens is 388 g/mol. The lowest BCUT2D eigenvalue weighted by molar-refractivity contribution is -0.120. The Morgan fingerprint density at radius 3 is 2.67 bits per heavy atom. The minimum Gasteiger partial charge on any atom is -0.493 e. The topological polar surface area (TPSA) is 84.9 Å². The van der Waals surface area contributed by atoms with E-state index in [0.717, 1.165) is 0 Å². The summed E-state index contributed by atoms with van der Waals surface area (Å²) >= 11 is 1.19. The van der Waals surface area contributed by atoms with Crippen LogP contribution >= 0.6 is 11.3 Å². The molecule has 0 aliphatic carbocycles. The zero-order valence-electron chi connectivity index (χ0n) is 15.2. The molecule has 7 nitrogen and oxygen atoms in total. The van der Waals surface area contributed by atoms with Crippen molar-refractivity contribution in [3.05, 3.63) is 35.7 Å². The summed E-state index contributed by atoms with van der Waals surface area (Å²) in [6.45, 7) is 0.611. The Bertz CT molecular complexity index is 896. The van der Waals surface area contributed by atoms with E-state index in [-0.39, 0.29) is 12.5 Å². The SMILES string of the molecule is COc1ccc(NC(=O)[C@@H]2CCCN(S(=O)(=O)c3cccs3)C2)cc1OC. The molecule has 0 saturated carbocycles. The molecule has 27 heavy (non-hydrogen) atoms. The van der Waals surface area contributed by atoms with Crippen LogP contribution in [0.15, 0.2) is 39.9 Å². The smallest absolute Gasteiger partial charge is 0.252 e. The predicted octanol–water partition coefficient (Wildman–Crippen LogP) is 2.80. The second-order valence-corrected chi connectivity index (χ2v) is 9.31. The normalized spacial score (nSPS) is 18.1. The van der Waals surface area contributed by atoms with Gasteiger partial charge in [0.2, 0.25) is 5.91 Å². The molecule has 1 aromatic carbocycles. The third-order valence-corrected chi connectivity index (χ3v) is 7.73. The Labute approximate surface area is 163 Å². The van der Waals surface area contributed by atoms with Crippen molar-refractivity contribution in [2.45, 2.75) is 17.1 Å². The fourth-order valence-corrected chi connectivity index (χ4v) is 5.74.